The smallest absolute Gasteiger partial charge is 0.164 e. The summed E-state index contributed by atoms with van der Waals surface area (Å²) in [6.45, 7) is 0.204. The zero-order valence-corrected chi connectivity index (χ0v) is 12.2. The average Bonchev–Trinajstić information content (AvgIpc) is 2.47. The van der Waals surface area contributed by atoms with Crippen molar-refractivity contribution in [3.63, 3.8) is 0 Å². The number of hydrogen-bond acceptors (Lipinski definition) is 4. The fraction of sp³-hybridized carbons (Fsp3) is 0.600. The van der Waals surface area contributed by atoms with E-state index in [1.807, 2.05) is 23.9 Å². The minimum atomic E-state index is 0.204. The Hall–Kier alpha value is -0.870. The third-order valence-electron chi connectivity index (χ3n) is 3.29. The van der Waals surface area contributed by atoms with Crippen LogP contribution in [0.15, 0.2) is 18.2 Å². The summed E-state index contributed by atoms with van der Waals surface area (Å²) in [6, 6.07) is 5.98. The molecule has 106 valence electrons. The lowest BCUT2D eigenvalue weighted by Crippen LogP contribution is -2.24. The number of benzene rings is 1. The Morgan fingerprint density at radius 3 is 3.00 bits per heavy atom. The lowest BCUT2D eigenvalue weighted by Gasteiger charge is -2.25. The first-order valence-electron chi connectivity index (χ1n) is 6.86. The van der Waals surface area contributed by atoms with Gasteiger partial charge in [-0.2, -0.15) is 11.8 Å². The van der Waals surface area contributed by atoms with Gasteiger partial charge in [0.25, 0.3) is 0 Å². The van der Waals surface area contributed by atoms with Crippen molar-refractivity contribution in [3.8, 4) is 11.5 Å². The van der Waals surface area contributed by atoms with E-state index < -0.39 is 0 Å². The summed E-state index contributed by atoms with van der Waals surface area (Å²) in [5.41, 5.74) is 1.13. The minimum Gasteiger partial charge on any atom is -0.493 e. The highest BCUT2D eigenvalue weighted by molar-refractivity contribution is 7.99. The van der Waals surface area contributed by atoms with Gasteiger partial charge >= 0.3 is 0 Å². The fourth-order valence-electron chi connectivity index (χ4n) is 2.29. The van der Waals surface area contributed by atoms with Crippen molar-refractivity contribution >= 4 is 11.8 Å². The number of aliphatic hydroxyl groups is 1. The van der Waals surface area contributed by atoms with Gasteiger partial charge in [-0.3, -0.25) is 0 Å². The standard InChI is InChI=1S/C15H22O3S/c1-17-14-8-2-5-12(6-3-9-16)15(14)18-13-7-4-10-19-11-13/h2,5,8,13,16H,3-4,6-7,9-11H2,1H3. The molecule has 1 aromatic carbocycles. The van der Waals surface area contributed by atoms with Crippen molar-refractivity contribution in [1.82, 2.24) is 0 Å². The van der Waals surface area contributed by atoms with Gasteiger partial charge in [0.15, 0.2) is 11.5 Å². The van der Waals surface area contributed by atoms with Crippen LogP contribution in [0.2, 0.25) is 0 Å². The highest BCUT2D eigenvalue weighted by Gasteiger charge is 2.19. The van der Waals surface area contributed by atoms with E-state index in [2.05, 4.69) is 6.07 Å². The van der Waals surface area contributed by atoms with E-state index in [9.17, 15) is 0 Å². The summed E-state index contributed by atoms with van der Waals surface area (Å²) in [5, 5.41) is 8.99. The molecule has 0 aliphatic carbocycles. The number of aryl methyl sites for hydroxylation is 1. The molecular formula is C15H22O3S. The summed E-state index contributed by atoms with van der Waals surface area (Å²) in [7, 11) is 1.67. The number of hydrogen-bond donors (Lipinski definition) is 1. The van der Waals surface area contributed by atoms with Crippen molar-refractivity contribution in [3.05, 3.63) is 23.8 Å². The van der Waals surface area contributed by atoms with Crippen LogP contribution in [0.4, 0.5) is 0 Å². The molecule has 1 N–H and O–H groups in total. The van der Waals surface area contributed by atoms with Gasteiger partial charge in [-0.25, -0.2) is 0 Å². The predicted octanol–water partition coefficient (Wildman–Crippen LogP) is 2.89. The van der Waals surface area contributed by atoms with Crippen LogP contribution in [0, 0.1) is 0 Å². The summed E-state index contributed by atoms with van der Waals surface area (Å²) >= 11 is 1.95. The van der Waals surface area contributed by atoms with Crippen LogP contribution in [-0.4, -0.2) is 36.4 Å². The van der Waals surface area contributed by atoms with Crippen molar-refractivity contribution < 1.29 is 14.6 Å². The molecule has 4 heteroatoms. The number of aliphatic hydroxyl groups excluding tert-OH is 1. The SMILES string of the molecule is COc1cccc(CCCO)c1OC1CCCSC1. The van der Waals surface area contributed by atoms with Crippen LogP contribution in [0.25, 0.3) is 0 Å². The lowest BCUT2D eigenvalue weighted by atomic mass is 10.1. The Morgan fingerprint density at radius 2 is 2.32 bits per heavy atom. The van der Waals surface area contributed by atoms with Crippen LogP contribution >= 0.6 is 11.8 Å². The summed E-state index contributed by atoms with van der Waals surface area (Å²) in [6.07, 6.45) is 4.19. The first-order valence-corrected chi connectivity index (χ1v) is 8.01. The van der Waals surface area contributed by atoms with Crippen LogP contribution in [-0.2, 0) is 6.42 Å². The fourth-order valence-corrected chi connectivity index (χ4v) is 3.33. The second-order valence-corrected chi connectivity index (χ2v) is 5.88. The van der Waals surface area contributed by atoms with E-state index in [0.29, 0.717) is 0 Å². The largest absolute Gasteiger partial charge is 0.493 e. The normalized spacial score (nSPS) is 19.2. The Kier molecular flexibility index (Phi) is 5.86. The van der Waals surface area contributed by atoms with Crippen molar-refractivity contribution in [2.75, 3.05) is 25.2 Å². The first kappa shape index (κ1) is 14.5. The Labute approximate surface area is 119 Å². The number of ether oxygens (including phenoxy) is 2. The zero-order chi connectivity index (χ0) is 13.5. The Bertz CT molecular complexity index is 389. The maximum atomic E-state index is 8.99. The molecule has 1 fully saturated rings. The third kappa shape index (κ3) is 4.05. The minimum absolute atomic E-state index is 0.204. The monoisotopic (exact) mass is 282 g/mol. The highest BCUT2D eigenvalue weighted by Crippen LogP contribution is 2.34. The van der Waals surface area contributed by atoms with Crippen LogP contribution < -0.4 is 9.47 Å². The molecule has 3 nitrogen and oxygen atoms in total. The van der Waals surface area contributed by atoms with Crippen molar-refractivity contribution in [1.29, 1.82) is 0 Å². The third-order valence-corrected chi connectivity index (χ3v) is 4.47. The molecule has 1 heterocycles. The molecule has 0 saturated carbocycles. The van der Waals surface area contributed by atoms with Crippen molar-refractivity contribution in [2.24, 2.45) is 0 Å². The van der Waals surface area contributed by atoms with Crippen LogP contribution in [0.3, 0.4) is 0 Å². The van der Waals surface area contributed by atoms with Gasteiger partial charge in [-0.1, -0.05) is 12.1 Å². The molecule has 1 aromatic rings. The van der Waals surface area contributed by atoms with Crippen LogP contribution in [0.1, 0.15) is 24.8 Å². The average molecular weight is 282 g/mol. The molecule has 2 rings (SSSR count). The lowest BCUT2D eigenvalue weighted by molar-refractivity contribution is 0.199. The zero-order valence-electron chi connectivity index (χ0n) is 11.4. The number of thioether (sulfide) groups is 1. The second kappa shape index (κ2) is 7.65. The maximum Gasteiger partial charge on any atom is 0.164 e. The Balaban J connectivity index is 2.14. The summed E-state index contributed by atoms with van der Waals surface area (Å²) in [5.74, 6) is 3.96. The van der Waals surface area contributed by atoms with Gasteiger partial charge in [-0.05, 0) is 43.1 Å². The van der Waals surface area contributed by atoms with Crippen LogP contribution in [0.5, 0.6) is 11.5 Å². The highest BCUT2D eigenvalue weighted by atomic mass is 32.2. The molecule has 0 spiro atoms. The van der Waals surface area contributed by atoms with E-state index in [0.717, 1.165) is 42.1 Å². The molecule has 0 aromatic heterocycles. The van der Waals surface area contributed by atoms with Gasteiger partial charge in [0.1, 0.15) is 6.10 Å². The van der Waals surface area contributed by atoms with Gasteiger partial charge in [0.2, 0.25) is 0 Å². The number of rotatable bonds is 6. The van der Waals surface area contributed by atoms with Crippen molar-refractivity contribution in [2.45, 2.75) is 31.8 Å². The topological polar surface area (TPSA) is 38.7 Å². The first-order chi connectivity index (χ1) is 9.35. The number of para-hydroxylation sites is 1. The molecule has 0 amide bonds. The van der Waals surface area contributed by atoms with Gasteiger partial charge < -0.3 is 14.6 Å². The van der Waals surface area contributed by atoms with E-state index in [-0.39, 0.29) is 12.7 Å². The number of methoxy groups -OCH3 is 1. The molecule has 1 unspecified atom stereocenters. The molecule has 1 aliphatic heterocycles. The summed E-state index contributed by atoms with van der Waals surface area (Å²) in [4.78, 5) is 0. The van der Waals surface area contributed by atoms with Gasteiger partial charge in [0, 0.05) is 12.4 Å². The summed E-state index contributed by atoms with van der Waals surface area (Å²) < 4.78 is 11.6. The Morgan fingerprint density at radius 1 is 1.42 bits per heavy atom. The molecule has 19 heavy (non-hydrogen) atoms. The molecule has 1 aliphatic rings. The molecular weight excluding hydrogens is 260 g/mol. The molecule has 1 atom stereocenters. The van der Waals surface area contributed by atoms with Gasteiger partial charge in [-0.15, -0.1) is 0 Å². The molecule has 0 radical (unpaired) electrons. The van der Waals surface area contributed by atoms with E-state index in [1.165, 1.54) is 12.2 Å². The van der Waals surface area contributed by atoms with E-state index >= 15 is 0 Å². The van der Waals surface area contributed by atoms with E-state index in [1.54, 1.807) is 7.11 Å². The maximum absolute atomic E-state index is 8.99. The second-order valence-electron chi connectivity index (χ2n) is 4.73. The predicted molar refractivity (Wildman–Crippen MR) is 79.4 cm³/mol. The molecule has 1 saturated heterocycles. The van der Waals surface area contributed by atoms with E-state index in [4.69, 9.17) is 14.6 Å². The van der Waals surface area contributed by atoms with Gasteiger partial charge in [0.05, 0.1) is 7.11 Å². The molecule has 0 bridgehead atoms. The quantitative estimate of drug-likeness (QED) is 0.871.